The van der Waals surface area contributed by atoms with Gasteiger partial charge in [0.1, 0.15) is 5.69 Å². The summed E-state index contributed by atoms with van der Waals surface area (Å²) in [4.78, 5) is 26.0. The lowest BCUT2D eigenvalue weighted by Gasteiger charge is -2.34. The molecular formula is C21H29N5O. The van der Waals surface area contributed by atoms with E-state index in [4.69, 9.17) is 0 Å². The van der Waals surface area contributed by atoms with Gasteiger partial charge >= 0.3 is 0 Å². The number of nitrogens with one attached hydrogen (secondary N) is 1. The minimum atomic E-state index is -0.00698. The van der Waals surface area contributed by atoms with Crippen molar-refractivity contribution < 1.29 is 4.79 Å². The van der Waals surface area contributed by atoms with Gasteiger partial charge in [-0.3, -0.25) is 9.69 Å². The van der Waals surface area contributed by atoms with Crippen LogP contribution in [0.2, 0.25) is 0 Å². The number of hydrogen-bond donors (Lipinski definition) is 1. The van der Waals surface area contributed by atoms with Crippen molar-refractivity contribution in [3.05, 3.63) is 53.3 Å². The van der Waals surface area contributed by atoms with E-state index < -0.39 is 0 Å². The fourth-order valence-corrected chi connectivity index (χ4v) is 3.17. The van der Waals surface area contributed by atoms with Gasteiger partial charge < -0.3 is 10.2 Å². The first-order valence-electron chi connectivity index (χ1n) is 9.66. The highest BCUT2D eigenvalue weighted by Gasteiger charge is 2.23. The number of carbonyl (C=O) groups is 1. The van der Waals surface area contributed by atoms with E-state index in [9.17, 15) is 4.79 Å². The van der Waals surface area contributed by atoms with Gasteiger partial charge in [-0.2, -0.15) is 0 Å². The second kappa shape index (κ2) is 8.95. The number of anilines is 1. The minimum Gasteiger partial charge on any atom is -0.354 e. The molecule has 0 bridgehead atoms. The summed E-state index contributed by atoms with van der Waals surface area (Å²) < 4.78 is 0. The van der Waals surface area contributed by atoms with Crippen molar-refractivity contribution in [2.75, 3.05) is 38.0 Å². The van der Waals surface area contributed by atoms with E-state index in [1.165, 1.54) is 5.56 Å². The van der Waals surface area contributed by atoms with Crippen LogP contribution in [0.4, 0.5) is 5.95 Å². The van der Waals surface area contributed by atoms with E-state index in [0.29, 0.717) is 17.6 Å². The molecule has 0 saturated carbocycles. The number of aromatic nitrogens is 2. The average Bonchev–Trinajstić information content (AvgIpc) is 2.67. The van der Waals surface area contributed by atoms with Gasteiger partial charge in [0.25, 0.3) is 5.91 Å². The number of aryl methyl sites for hydroxylation is 1. The van der Waals surface area contributed by atoms with Gasteiger partial charge in [0, 0.05) is 45.0 Å². The van der Waals surface area contributed by atoms with E-state index in [1.54, 1.807) is 6.07 Å². The largest absolute Gasteiger partial charge is 0.354 e. The standard InChI is InChI=1S/C21H29N5O/c1-16(2)14-22-21-23-17(3)13-19(24-21)20(27)26-11-9-25(10-12-26)15-18-7-5-4-6-8-18/h4-8,13,16H,9-12,14-15H2,1-3H3,(H,22,23,24). The van der Waals surface area contributed by atoms with Crippen LogP contribution in [0.1, 0.15) is 35.6 Å². The molecule has 0 atom stereocenters. The molecule has 1 amide bonds. The monoisotopic (exact) mass is 367 g/mol. The molecule has 27 heavy (non-hydrogen) atoms. The molecule has 144 valence electrons. The zero-order chi connectivity index (χ0) is 19.2. The first-order chi connectivity index (χ1) is 13.0. The van der Waals surface area contributed by atoms with Crippen molar-refractivity contribution in [1.82, 2.24) is 19.8 Å². The Kier molecular flexibility index (Phi) is 6.40. The van der Waals surface area contributed by atoms with E-state index in [-0.39, 0.29) is 5.91 Å². The van der Waals surface area contributed by atoms with E-state index in [2.05, 4.69) is 58.3 Å². The second-order valence-corrected chi connectivity index (χ2v) is 7.55. The number of carbonyl (C=O) groups excluding carboxylic acids is 1. The Morgan fingerprint density at radius 2 is 1.81 bits per heavy atom. The van der Waals surface area contributed by atoms with E-state index >= 15 is 0 Å². The van der Waals surface area contributed by atoms with Gasteiger partial charge in [-0.1, -0.05) is 44.2 Å². The third-order valence-corrected chi connectivity index (χ3v) is 4.65. The van der Waals surface area contributed by atoms with Crippen molar-refractivity contribution in [3.63, 3.8) is 0 Å². The lowest BCUT2D eigenvalue weighted by molar-refractivity contribution is 0.0622. The first-order valence-corrected chi connectivity index (χ1v) is 9.66. The molecule has 1 aliphatic rings. The van der Waals surface area contributed by atoms with Crippen LogP contribution in [-0.4, -0.2) is 58.4 Å². The van der Waals surface area contributed by atoms with Gasteiger partial charge in [0.05, 0.1) is 0 Å². The summed E-state index contributed by atoms with van der Waals surface area (Å²) in [6.45, 7) is 11.1. The zero-order valence-electron chi connectivity index (χ0n) is 16.5. The van der Waals surface area contributed by atoms with Crippen molar-refractivity contribution in [2.45, 2.75) is 27.3 Å². The normalized spacial score (nSPS) is 15.2. The molecule has 0 spiro atoms. The van der Waals surface area contributed by atoms with Gasteiger partial charge in [-0.15, -0.1) is 0 Å². The van der Waals surface area contributed by atoms with E-state index in [0.717, 1.165) is 45.0 Å². The number of nitrogens with zero attached hydrogens (tertiary/aromatic N) is 4. The molecule has 0 radical (unpaired) electrons. The molecule has 3 rings (SSSR count). The quantitative estimate of drug-likeness (QED) is 0.851. The third kappa shape index (κ3) is 5.50. The predicted molar refractivity (Wildman–Crippen MR) is 108 cm³/mol. The SMILES string of the molecule is Cc1cc(C(=O)N2CCN(Cc3ccccc3)CC2)nc(NCC(C)C)n1. The summed E-state index contributed by atoms with van der Waals surface area (Å²) >= 11 is 0. The topological polar surface area (TPSA) is 61.4 Å². The van der Waals surface area contributed by atoms with Crippen molar-refractivity contribution >= 4 is 11.9 Å². The van der Waals surface area contributed by atoms with Gasteiger partial charge in [-0.25, -0.2) is 9.97 Å². The number of rotatable bonds is 6. The second-order valence-electron chi connectivity index (χ2n) is 7.55. The minimum absolute atomic E-state index is 0.00698. The molecule has 1 aliphatic heterocycles. The lowest BCUT2D eigenvalue weighted by Crippen LogP contribution is -2.48. The molecule has 1 fully saturated rings. The van der Waals surface area contributed by atoms with Crippen LogP contribution < -0.4 is 5.32 Å². The van der Waals surface area contributed by atoms with Gasteiger partial charge in [0.15, 0.2) is 0 Å². The summed E-state index contributed by atoms with van der Waals surface area (Å²) in [5.74, 6) is 1.02. The fourth-order valence-electron chi connectivity index (χ4n) is 3.17. The number of amides is 1. The molecule has 6 nitrogen and oxygen atoms in total. The Morgan fingerprint density at radius 1 is 1.11 bits per heavy atom. The molecule has 0 aliphatic carbocycles. The average molecular weight is 367 g/mol. The van der Waals surface area contributed by atoms with Gasteiger partial charge in [-0.05, 0) is 24.5 Å². The van der Waals surface area contributed by atoms with Crippen LogP contribution in [0.3, 0.4) is 0 Å². The Hall–Kier alpha value is -2.47. The maximum Gasteiger partial charge on any atom is 0.272 e. The Bertz CT molecular complexity index is 754. The van der Waals surface area contributed by atoms with E-state index in [1.807, 2.05) is 17.9 Å². The van der Waals surface area contributed by atoms with Crippen molar-refractivity contribution in [1.29, 1.82) is 0 Å². The summed E-state index contributed by atoms with van der Waals surface area (Å²) in [5, 5.41) is 3.22. The fraction of sp³-hybridized carbons (Fsp3) is 0.476. The summed E-state index contributed by atoms with van der Waals surface area (Å²) in [7, 11) is 0. The van der Waals surface area contributed by atoms with Crippen LogP contribution in [0.15, 0.2) is 36.4 Å². The number of benzene rings is 1. The highest BCUT2D eigenvalue weighted by molar-refractivity contribution is 5.92. The molecule has 2 aromatic rings. The molecule has 1 aromatic heterocycles. The highest BCUT2D eigenvalue weighted by atomic mass is 16.2. The zero-order valence-corrected chi connectivity index (χ0v) is 16.5. The van der Waals surface area contributed by atoms with Crippen LogP contribution >= 0.6 is 0 Å². The Morgan fingerprint density at radius 3 is 2.48 bits per heavy atom. The molecular weight excluding hydrogens is 338 g/mol. The predicted octanol–water partition coefficient (Wildman–Crippen LogP) is 2.81. The summed E-state index contributed by atoms with van der Waals surface area (Å²) in [6, 6.07) is 12.2. The molecule has 2 heterocycles. The number of hydrogen-bond acceptors (Lipinski definition) is 5. The van der Waals surface area contributed by atoms with Crippen molar-refractivity contribution in [2.24, 2.45) is 5.92 Å². The van der Waals surface area contributed by atoms with Crippen LogP contribution in [-0.2, 0) is 6.54 Å². The smallest absolute Gasteiger partial charge is 0.272 e. The summed E-state index contributed by atoms with van der Waals surface area (Å²) in [6.07, 6.45) is 0. The van der Waals surface area contributed by atoms with Crippen LogP contribution in [0.5, 0.6) is 0 Å². The first kappa shape index (κ1) is 19.3. The van der Waals surface area contributed by atoms with Gasteiger partial charge in [0.2, 0.25) is 5.95 Å². The molecule has 6 heteroatoms. The maximum atomic E-state index is 12.9. The third-order valence-electron chi connectivity index (χ3n) is 4.65. The molecule has 0 unspecified atom stereocenters. The van der Waals surface area contributed by atoms with Crippen molar-refractivity contribution in [3.8, 4) is 0 Å². The lowest BCUT2D eigenvalue weighted by atomic mass is 10.2. The number of piperazine rings is 1. The Labute approximate surface area is 161 Å². The molecule has 1 aromatic carbocycles. The van der Waals surface area contributed by atoms with Crippen LogP contribution in [0, 0.1) is 12.8 Å². The Balaban J connectivity index is 1.58. The van der Waals surface area contributed by atoms with Crippen LogP contribution in [0.25, 0.3) is 0 Å². The summed E-state index contributed by atoms with van der Waals surface area (Å²) in [5.41, 5.74) is 2.59. The highest BCUT2D eigenvalue weighted by Crippen LogP contribution is 2.13. The molecule has 1 N–H and O–H groups in total. The molecule has 1 saturated heterocycles. The maximum absolute atomic E-state index is 12.9.